The number of para-hydroxylation sites is 1. The maximum atomic E-state index is 13.4. The highest BCUT2D eigenvalue weighted by molar-refractivity contribution is 5.90. The van der Waals surface area contributed by atoms with Gasteiger partial charge >= 0.3 is 0 Å². The molecule has 0 aliphatic rings. The van der Waals surface area contributed by atoms with Crippen LogP contribution in [0.3, 0.4) is 0 Å². The van der Waals surface area contributed by atoms with E-state index in [1.807, 2.05) is 80.9 Å². The summed E-state index contributed by atoms with van der Waals surface area (Å²) in [7, 11) is 5.10. The maximum absolute atomic E-state index is 13.4. The zero-order valence-electron chi connectivity index (χ0n) is 24.4. The number of benzene rings is 2. The number of hydrogen-bond donors (Lipinski definition) is 3. The topological polar surface area (TPSA) is 152 Å². The van der Waals surface area contributed by atoms with Crippen LogP contribution in [0, 0.1) is 0 Å². The normalized spacial score (nSPS) is 10.5. The fourth-order valence-corrected chi connectivity index (χ4v) is 4.29. The molecule has 5 rings (SSSR count). The second kappa shape index (κ2) is 14.9. The largest absolute Gasteiger partial charge is 0.382 e. The molecule has 0 fully saturated rings. The highest BCUT2D eigenvalue weighted by Gasteiger charge is 2.14. The molecule has 3 aromatic heterocycles. The van der Waals surface area contributed by atoms with Gasteiger partial charge in [-0.05, 0) is 30.8 Å². The van der Waals surface area contributed by atoms with Crippen LogP contribution in [0.2, 0.25) is 0 Å². The van der Waals surface area contributed by atoms with Crippen molar-refractivity contribution in [1.29, 1.82) is 0 Å². The third-order valence-corrected chi connectivity index (χ3v) is 6.15. The number of anilines is 2. The quantitative estimate of drug-likeness (QED) is 0.189. The summed E-state index contributed by atoms with van der Waals surface area (Å²) in [5, 5.41) is 11.7. The lowest BCUT2D eigenvalue weighted by atomic mass is 10.1. The molecule has 218 valence electrons. The minimum Gasteiger partial charge on any atom is -0.382 e. The lowest BCUT2D eigenvalue weighted by Gasteiger charge is -2.13. The second-order valence-electron chi connectivity index (χ2n) is 8.94. The molecule has 0 saturated heterocycles. The van der Waals surface area contributed by atoms with Gasteiger partial charge in [0, 0.05) is 38.8 Å². The Morgan fingerprint density at radius 3 is 2.40 bits per heavy atom. The van der Waals surface area contributed by atoms with E-state index in [4.69, 9.17) is 10.7 Å². The molecule has 0 aliphatic carbocycles. The Morgan fingerprint density at radius 1 is 1.05 bits per heavy atom. The minimum atomic E-state index is -0.0468. The van der Waals surface area contributed by atoms with Gasteiger partial charge < -0.3 is 16.8 Å². The molecule has 2 aromatic carbocycles. The summed E-state index contributed by atoms with van der Waals surface area (Å²) >= 11 is 0. The standard InChI is InChI=1S/C22H20N4O.C8H12N4O.CH5N/c1-3-20-24-19-11-7-8-17(13-12-16-14-23-25(2)15-16)21(19)22(27)26(20)18-9-5-4-6-10-18;1-3-4-10-8-6(5-13)7(9)11-12(8)2;1-2/h4-15H,3H2,1-2H3;3,5,10H,1,4H2,2H3,(H2,9,11);2H2,1H3/b13-12-;;. The van der Waals surface area contributed by atoms with Crippen LogP contribution < -0.4 is 22.3 Å². The van der Waals surface area contributed by atoms with Gasteiger partial charge in [-0.15, -0.1) is 6.58 Å². The lowest BCUT2D eigenvalue weighted by molar-refractivity contribution is 0.112. The van der Waals surface area contributed by atoms with Crippen LogP contribution in [0.15, 0.2) is 78.4 Å². The van der Waals surface area contributed by atoms with E-state index in [1.165, 1.54) is 11.7 Å². The summed E-state index contributed by atoms with van der Waals surface area (Å²) in [6.07, 6.45) is 10.7. The first-order chi connectivity index (χ1) is 20.4. The number of hydrogen-bond acceptors (Lipinski definition) is 8. The number of rotatable bonds is 8. The van der Waals surface area contributed by atoms with Gasteiger partial charge in [0.2, 0.25) is 0 Å². The summed E-state index contributed by atoms with van der Waals surface area (Å²) < 4.78 is 4.99. The fraction of sp³-hybridized carbons (Fsp3) is 0.194. The molecule has 11 heteroatoms. The number of nitrogen functional groups attached to an aromatic ring is 1. The van der Waals surface area contributed by atoms with Gasteiger partial charge in [0.25, 0.3) is 5.56 Å². The van der Waals surface area contributed by atoms with Crippen LogP contribution in [0.1, 0.15) is 34.2 Å². The van der Waals surface area contributed by atoms with Gasteiger partial charge in [-0.3, -0.25) is 23.5 Å². The average Bonchev–Trinajstić information content (AvgIpc) is 3.56. The molecule has 5 aromatic rings. The molecule has 0 atom stereocenters. The van der Waals surface area contributed by atoms with E-state index < -0.39 is 0 Å². The minimum absolute atomic E-state index is 0.0468. The van der Waals surface area contributed by atoms with Gasteiger partial charge in [0.05, 0.1) is 22.8 Å². The van der Waals surface area contributed by atoms with E-state index in [0.717, 1.165) is 28.2 Å². The monoisotopic (exact) mass is 567 g/mol. The van der Waals surface area contributed by atoms with Crippen LogP contribution in [0.4, 0.5) is 11.6 Å². The van der Waals surface area contributed by atoms with Gasteiger partial charge in [-0.2, -0.15) is 10.2 Å². The SMILES string of the molecule is C=CCNc1c(C=O)c(N)nn1C.CCc1nc2cccc(/C=C\c3cnn(C)c3)c2c(=O)n1-c1ccccc1.CN. The summed E-state index contributed by atoms with van der Waals surface area (Å²) in [6, 6.07) is 15.4. The second-order valence-corrected chi connectivity index (χ2v) is 8.94. The van der Waals surface area contributed by atoms with E-state index in [-0.39, 0.29) is 11.4 Å². The molecule has 11 nitrogen and oxygen atoms in total. The molecule has 0 saturated carbocycles. The molecule has 0 amide bonds. The van der Waals surface area contributed by atoms with Gasteiger partial charge in [0.1, 0.15) is 17.2 Å². The average molecular weight is 568 g/mol. The van der Waals surface area contributed by atoms with Crippen molar-refractivity contribution in [1.82, 2.24) is 29.1 Å². The molecular formula is C31H37N9O2. The van der Waals surface area contributed by atoms with Crippen molar-refractivity contribution in [3.63, 3.8) is 0 Å². The Hall–Kier alpha value is -5.29. The number of carbonyl (C=O) groups excluding carboxylic acids is 1. The van der Waals surface area contributed by atoms with Crippen molar-refractivity contribution in [2.45, 2.75) is 13.3 Å². The molecule has 0 aliphatic heterocycles. The molecule has 0 spiro atoms. The Kier molecular flexibility index (Phi) is 11.1. The molecule has 42 heavy (non-hydrogen) atoms. The van der Waals surface area contributed by atoms with Crippen molar-refractivity contribution >= 4 is 41.0 Å². The van der Waals surface area contributed by atoms with E-state index >= 15 is 0 Å². The predicted molar refractivity (Wildman–Crippen MR) is 171 cm³/mol. The molecule has 0 unspecified atom stereocenters. The van der Waals surface area contributed by atoms with Crippen molar-refractivity contribution in [2.75, 3.05) is 24.6 Å². The number of carbonyl (C=O) groups is 1. The van der Waals surface area contributed by atoms with Gasteiger partial charge in [-0.25, -0.2) is 4.98 Å². The van der Waals surface area contributed by atoms with E-state index in [2.05, 4.69) is 27.8 Å². The van der Waals surface area contributed by atoms with Crippen molar-refractivity contribution in [3.8, 4) is 5.69 Å². The predicted octanol–water partition coefficient (Wildman–Crippen LogP) is 3.84. The van der Waals surface area contributed by atoms with E-state index in [9.17, 15) is 9.59 Å². The Balaban J connectivity index is 0.000000272. The van der Waals surface area contributed by atoms with Crippen molar-refractivity contribution in [2.24, 2.45) is 19.8 Å². The summed E-state index contributed by atoms with van der Waals surface area (Å²) in [4.78, 5) is 28.8. The van der Waals surface area contributed by atoms with Crippen LogP contribution in [-0.4, -0.2) is 49.0 Å². The number of aromatic nitrogens is 6. The maximum Gasteiger partial charge on any atom is 0.266 e. The molecule has 0 bridgehead atoms. The van der Waals surface area contributed by atoms with Crippen LogP contribution in [-0.2, 0) is 20.5 Å². The first kappa shape index (κ1) is 31.2. The highest BCUT2D eigenvalue weighted by atomic mass is 16.1. The van der Waals surface area contributed by atoms with Crippen LogP contribution in [0.25, 0.3) is 28.7 Å². The molecule has 3 heterocycles. The molecular weight excluding hydrogens is 530 g/mol. The Labute approximate surface area is 244 Å². The van der Waals surface area contributed by atoms with Crippen LogP contribution in [0.5, 0.6) is 0 Å². The molecule has 5 N–H and O–H groups in total. The number of aryl methyl sites for hydroxylation is 3. The zero-order valence-corrected chi connectivity index (χ0v) is 24.4. The van der Waals surface area contributed by atoms with Crippen LogP contribution >= 0.6 is 0 Å². The first-order valence-electron chi connectivity index (χ1n) is 13.3. The number of nitrogens with zero attached hydrogens (tertiary/aromatic N) is 6. The van der Waals surface area contributed by atoms with E-state index in [0.29, 0.717) is 36.0 Å². The Morgan fingerprint density at radius 2 is 1.79 bits per heavy atom. The summed E-state index contributed by atoms with van der Waals surface area (Å²) in [5.41, 5.74) is 13.7. The first-order valence-corrected chi connectivity index (χ1v) is 13.3. The third-order valence-electron chi connectivity index (χ3n) is 6.15. The molecule has 0 radical (unpaired) electrons. The number of nitrogens with one attached hydrogen (secondary N) is 1. The smallest absolute Gasteiger partial charge is 0.266 e. The van der Waals surface area contributed by atoms with Gasteiger partial charge in [0.15, 0.2) is 12.1 Å². The summed E-state index contributed by atoms with van der Waals surface area (Å²) in [6.45, 7) is 6.14. The third kappa shape index (κ3) is 7.07. The van der Waals surface area contributed by atoms with Crippen molar-refractivity contribution < 1.29 is 4.79 Å². The lowest BCUT2D eigenvalue weighted by Crippen LogP contribution is -2.24. The summed E-state index contributed by atoms with van der Waals surface area (Å²) in [5.74, 6) is 1.61. The zero-order chi connectivity index (χ0) is 30.6. The van der Waals surface area contributed by atoms with Gasteiger partial charge in [-0.1, -0.05) is 55.5 Å². The Bertz CT molecular complexity index is 1730. The van der Waals surface area contributed by atoms with E-state index in [1.54, 1.807) is 28.6 Å². The number of aldehydes is 1. The van der Waals surface area contributed by atoms with Crippen molar-refractivity contribution in [3.05, 3.63) is 106 Å². The highest BCUT2D eigenvalue weighted by Crippen LogP contribution is 2.20. The number of fused-ring (bicyclic) bond motifs is 1. The fourth-order valence-electron chi connectivity index (χ4n) is 4.29. The number of nitrogens with two attached hydrogens (primary N) is 2.